The molecule has 0 aliphatic heterocycles. The first kappa shape index (κ1) is 11.2. The Hall–Kier alpha value is -0.900. The van der Waals surface area contributed by atoms with E-state index in [0.717, 1.165) is 24.8 Å². The molecule has 0 spiro atoms. The Bertz CT molecular complexity index is 254. The van der Waals surface area contributed by atoms with Gasteiger partial charge in [0.2, 0.25) is 0 Å². The van der Waals surface area contributed by atoms with Crippen molar-refractivity contribution in [3.8, 4) is 0 Å². The maximum Gasteiger partial charge on any atom is 0.140 e. The zero-order valence-electron chi connectivity index (χ0n) is 9.32. The van der Waals surface area contributed by atoms with Gasteiger partial charge in [-0.1, -0.05) is 13.8 Å². The predicted octanol–water partition coefficient (Wildman–Crippen LogP) is 1.34. The van der Waals surface area contributed by atoms with Gasteiger partial charge in [0.05, 0.1) is 6.54 Å². The summed E-state index contributed by atoms with van der Waals surface area (Å²) in [6.07, 6.45) is 4.10. The van der Waals surface area contributed by atoms with Crippen molar-refractivity contribution in [3.05, 3.63) is 12.2 Å². The van der Waals surface area contributed by atoms with Crippen LogP contribution in [0.1, 0.15) is 32.5 Å². The van der Waals surface area contributed by atoms with Gasteiger partial charge in [0.1, 0.15) is 12.2 Å². The normalized spacial score (nSPS) is 11.1. The van der Waals surface area contributed by atoms with Crippen LogP contribution in [0.15, 0.2) is 6.33 Å². The number of nitrogens with one attached hydrogen (secondary N) is 1. The largest absolute Gasteiger partial charge is 0.310 e. The fourth-order valence-corrected chi connectivity index (χ4v) is 1.32. The van der Waals surface area contributed by atoms with E-state index in [9.17, 15) is 0 Å². The molecule has 1 N–H and O–H groups in total. The third kappa shape index (κ3) is 3.87. The Labute approximate surface area is 85.7 Å². The van der Waals surface area contributed by atoms with E-state index in [1.165, 1.54) is 12.8 Å². The molecule has 0 saturated heterocycles. The van der Waals surface area contributed by atoms with Crippen LogP contribution in [0.3, 0.4) is 0 Å². The van der Waals surface area contributed by atoms with Crippen molar-refractivity contribution in [3.63, 3.8) is 0 Å². The number of aryl methyl sites for hydroxylation is 1. The highest BCUT2D eigenvalue weighted by Gasteiger charge is 1.99. The zero-order chi connectivity index (χ0) is 10.4. The molecule has 0 bridgehead atoms. The van der Waals surface area contributed by atoms with Gasteiger partial charge in [-0.15, -0.1) is 0 Å². The quantitative estimate of drug-likeness (QED) is 0.698. The van der Waals surface area contributed by atoms with Gasteiger partial charge in [-0.05, 0) is 25.3 Å². The Kier molecular flexibility index (Phi) is 4.59. The minimum absolute atomic E-state index is 0.798. The van der Waals surface area contributed by atoms with E-state index in [1.807, 2.05) is 7.05 Å². The molecule has 4 heteroatoms. The van der Waals surface area contributed by atoms with Crippen molar-refractivity contribution in [2.75, 3.05) is 6.54 Å². The Morgan fingerprint density at radius 2 is 2.29 bits per heavy atom. The standard InChI is InChI=1S/C10H20N4/c1-9(2)5-4-6-11-7-10-12-8-13-14(10)3/h8-9,11H,4-7H2,1-3H3. The van der Waals surface area contributed by atoms with E-state index < -0.39 is 0 Å². The molecule has 1 aromatic rings. The van der Waals surface area contributed by atoms with Crippen LogP contribution in [-0.4, -0.2) is 21.3 Å². The average molecular weight is 196 g/mol. The van der Waals surface area contributed by atoms with Crippen LogP contribution < -0.4 is 5.32 Å². The highest BCUT2D eigenvalue weighted by Crippen LogP contribution is 2.01. The Morgan fingerprint density at radius 1 is 1.50 bits per heavy atom. The maximum atomic E-state index is 4.14. The van der Waals surface area contributed by atoms with Crippen molar-refractivity contribution in [2.24, 2.45) is 13.0 Å². The average Bonchev–Trinajstić information content (AvgIpc) is 2.51. The summed E-state index contributed by atoms with van der Waals surface area (Å²) >= 11 is 0. The molecule has 0 aliphatic carbocycles. The van der Waals surface area contributed by atoms with Crippen LogP contribution in [0.2, 0.25) is 0 Å². The lowest BCUT2D eigenvalue weighted by atomic mass is 10.1. The molecule has 0 unspecified atom stereocenters. The highest BCUT2D eigenvalue weighted by molar-refractivity contribution is 4.81. The third-order valence-corrected chi connectivity index (χ3v) is 2.22. The van der Waals surface area contributed by atoms with Crippen LogP contribution in [-0.2, 0) is 13.6 Å². The van der Waals surface area contributed by atoms with Crippen LogP contribution >= 0.6 is 0 Å². The number of rotatable bonds is 6. The van der Waals surface area contributed by atoms with Crippen molar-refractivity contribution < 1.29 is 0 Å². The number of hydrogen-bond acceptors (Lipinski definition) is 3. The number of nitrogens with zero attached hydrogens (tertiary/aromatic N) is 3. The van der Waals surface area contributed by atoms with E-state index >= 15 is 0 Å². The molecule has 1 heterocycles. The minimum Gasteiger partial charge on any atom is -0.310 e. The van der Waals surface area contributed by atoms with Crippen molar-refractivity contribution in [1.82, 2.24) is 20.1 Å². The monoisotopic (exact) mass is 196 g/mol. The zero-order valence-corrected chi connectivity index (χ0v) is 9.32. The Balaban J connectivity index is 2.08. The van der Waals surface area contributed by atoms with Crippen LogP contribution in [0.25, 0.3) is 0 Å². The van der Waals surface area contributed by atoms with E-state index in [4.69, 9.17) is 0 Å². The van der Waals surface area contributed by atoms with Gasteiger partial charge in [-0.3, -0.25) is 4.68 Å². The van der Waals surface area contributed by atoms with Gasteiger partial charge >= 0.3 is 0 Å². The first-order chi connectivity index (χ1) is 6.70. The van der Waals surface area contributed by atoms with E-state index in [2.05, 4.69) is 29.2 Å². The summed E-state index contributed by atoms with van der Waals surface area (Å²) in [5.74, 6) is 1.79. The lowest BCUT2D eigenvalue weighted by molar-refractivity contribution is 0.518. The SMILES string of the molecule is CC(C)CCCNCc1ncnn1C. The fourth-order valence-electron chi connectivity index (χ4n) is 1.32. The third-order valence-electron chi connectivity index (χ3n) is 2.22. The highest BCUT2D eigenvalue weighted by atomic mass is 15.3. The molecule has 0 atom stereocenters. The number of aromatic nitrogens is 3. The van der Waals surface area contributed by atoms with Gasteiger partial charge in [0.25, 0.3) is 0 Å². The van der Waals surface area contributed by atoms with Gasteiger partial charge in [-0.2, -0.15) is 5.10 Å². The smallest absolute Gasteiger partial charge is 0.140 e. The van der Waals surface area contributed by atoms with E-state index in [0.29, 0.717) is 0 Å². The lowest BCUT2D eigenvalue weighted by Crippen LogP contribution is -2.18. The molecular formula is C10H20N4. The summed E-state index contributed by atoms with van der Waals surface area (Å²) in [7, 11) is 1.91. The Morgan fingerprint density at radius 3 is 2.86 bits per heavy atom. The molecule has 0 radical (unpaired) electrons. The van der Waals surface area contributed by atoms with Crippen LogP contribution in [0, 0.1) is 5.92 Å². The second-order valence-corrected chi connectivity index (χ2v) is 4.01. The summed E-state index contributed by atoms with van der Waals surface area (Å²) < 4.78 is 1.80. The second kappa shape index (κ2) is 5.75. The molecule has 14 heavy (non-hydrogen) atoms. The van der Waals surface area contributed by atoms with Gasteiger partial charge < -0.3 is 5.32 Å². The molecule has 0 saturated carbocycles. The molecule has 0 fully saturated rings. The maximum absolute atomic E-state index is 4.14. The topological polar surface area (TPSA) is 42.7 Å². The van der Waals surface area contributed by atoms with Crippen molar-refractivity contribution in [2.45, 2.75) is 33.2 Å². The lowest BCUT2D eigenvalue weighted by Gasteiger charge is -2.05. The van der Waals surface area contributed by atoms with Crippen molar-refractivity contribution >= 4 is 0 Å². The summed E-state index contributed by atoms with van der Waals surface area (Å²) in [6.45, 7) is 6.38. The molecule has 0 amide bonds. The molecule has 80 valence electrons. The van der Waals surface area contributed by atoms with E-state index in [-0.39, 0.29) is 0 Å². The summed E-state index contributed by atoms with van der Waals surface area (Å²) in [6, 6.07) is 0. The molecule has 1 rings (SSSR count). The molecule has 0 aromatic carbocycles. The van der Waals surface area contributed by atoms with Crippen molar-refractivity contribution in [1.29, 1.82) is 0 Å². The molecule has 1 aromatic heterocycles. The first-order valence-corrected chi connectivity index (χ1v) is 5.23. The number of hydrogen-bond donors (Lipinski definition) is 1. The molecule has 0 aliphatic rings. The minimum atomic E-state index is 0.798. The second-order valence-electron chi connectivity index (χ2n) is 4.01. The van der Waals surface area contributed by atoms with E-state index in [1.54, 1.807) is 11.0 Å². The summed E-state index contributed by atoms with van der Waals surface area (Å²) in [5.41, 5.74) is 0. The predicted molar refractivity (Wildman–Crippen MR) is 56.8 cm³/mol. The van der Waals surface area contributed by atoms with Crippen LogP contribution in [0.5, 0.6) is 0 Å². The van der Waals surface area contributed by atoms with Gasteiger partial charge in [0.15, 0.2) is 0 Å². The van der Waals surface area contributed by atoms with Gasteiger partial charge in [0, 0.05) is 7.05 Å². The summed E-state index contributed by atoms with van der Waals surface area (Å²) in [5, 5.41) is 7.37. The molecular weight excluding hydrogens is 176 g/mol. The van der Waals surface area contributed by atoms with Gasteiger partial charge in [-0.25, -0.2) is 4.98 Å². The van der Waals surface area contributed by atoms with Crippen LogP contribution in [0.4, 0.5) is 0 Å². The summed E-state index contributed by atoms with van der Waals surface area (Å²) in [4.78, 5) is 4.14. The fraction of sp³-hybridized carbons (Fsp3) is 0.800. The first-order valence-electron chi connectivity index (χ1n) is 5.23. The molecule has 4 nitrogen and oxygen atoms in total.